The van der Waals surface area contributed by atoms with Gasteiger partial charge < -0.3 is 5.73 Å². The van der Waals surface area contributed by atoms with Gasteiger partial charge in [0.05, 0.1) is 0 Å². The Kier molecular flexibility index (Phi) is 3.69. The van der Waals surface area contributed by atoms with E-state index in [1.807, 2.05) is 0 Å². The van der Waals surface area contributed by atoms with Crippen molar-refractivity contribution in [3.05, 3.63) is 35.9 Å². The van der Waals surface area contributed by atoms with E-state index in [0.29, 0.717) is 6.04 Å². The normalized spacial score (nSPS) is 30.1. The average Bonchev–Trinajstić information content (AvgIpc) is 3.21. The van der Waals surface area contributed by atoms with Crippen LogP contribution in [-0.2, 0) is 0 Å². The van der Waals surface area contributed by atoms with Crippen LogP contribution in [0.15, 0.2) is 30.3 Å². The smallest absolute Gasteiger partial charge is 0.00758 e. The van der Waals surface area contributed by atoms with Gasteiger partial charge in [0, 0.05) is 6.04 Å². The lowest BCUT2D eigenvalue weighted by atomic mass is 9.84. The van der Waals surface area contributed by atoms with Gasteiger partial charge in [0.2, 0.25) is 0 Å². The van der Waals surface area contributed by atoms with Crippen LogP contribution in [0.2, 0.25) is 0 Å². The minimum Gasteiger partial charge on any atom is -0.327 e. The Labute approximate surface area is 111 Å². The summed E-state index contributed by atoms with van der Waals surface area (Å²) in [6, 6.07) is 11.4. The van der Waals surface area contributed by atoms with Crippen molar-refractivity contribution in [2.24, 2.45) is 17.6 Å². The molecule has 0 spiro atoms. The molecule has 3 rings (SSSR count). The molecule has 1 nitrogen and oxygen atoms in total. The van der Waals surface area contributed by atoms with Gasteiger partial charge in [0.15, 0.2) is 0 Å². The van der Waals surface area contributed by atoms with Crippen molar-refractivity contribution >= 4 is 0 Å². The predicted molar refractivity (Wildman–Crippen MR) is 76.5 cm³/mol. The third kappa shape index (κ3) is 2.77. The van der Waals surface area contributed by atoms with E-state index in [-0.39, 0.29) is 0 Å². The molecule has 0 heterocycles. The highest BCUT2D eigenvalue weighted by molar-refractivity contribution is 5.26. The van der Waals surface area contributed by atoms with Crippen molar-refractivity contribution in [2.75, 3.05) is 0 Å². The second-order valence-corrected chi connectivity index (χ2v) is 6.32. The maximum absolute atomic E-state index is 6.44. The first-order chi connectivity index (χ1) is 8.84. The van der Waals surface area contributed by atoms with Gasteiger partial charge in [-0.2, -0.15) is 0 Å². The molecule has 1 aromatic carbocycles. The van der Waals surface area contributed by atoms with Gasteiger partial charge >= 0.3 is 0 Å². The maximum Gasteiger partial charge on any atom is 0.00758 e. The molecule has 0 amide bonds. The molecule has 2 aliphatic rings. The Balaban J connectivity index is 1.51. The largest absolute Gasteiger partial charge is 0.327 e. The Bertz CT molecular complexity index is 366. The fourth-order valence-corrected chi connectivity index (χ4v) is 3.75. The molecular formula is C17H25N. The van der Waals surface area contributed by atoms with Crippen LogP contribution < -0.4 is 5.73 Å². The highest BCUT2D eigenvalue weighted by Gasteiger charge is 2.42. The molecule has 18 heavy (non-hydrogen) atoms. The van der Waals surface area contributed by atoms with E-state index in [1.165, 1.54) is 50.5 Å². The monoisotopic (exact) mass is 243 g/mol. The molecule has 98 valence electrons. The molecule has 0 radical (unpaired) electrons. The molecule has 3 atom stereocenters. The molecule has 2 N–H and O–H groups in total. The highest BCUT2D eigenvalue weighted by atomic mass is 14.7. The molecule has 3 unspecified atom stereocenters. The van der Waals surface area contributed by atoms with Crippen LogP contribution in [0, 0.1) is 11.8 Å². The average molecular weight is 243 g/mol. The third-order valence-electron chi connectivity index (χ3n) is 4.95. The maximum atomic E-state index is 6.44. The molecule has 2 fully saturated rings. The molecule has 0 aromatic heterocycles. The summed E-state index contributed by atoms with van der Waals surface area (Å²) in [4.78, 5) is 0. The Hall–Kier alpha value is -0.820. The SMILES string of the molecule is NC(CC1CCCCC1)C1CC1c1ccccc1. The van der Waals surface area contributed by atoms with Gasteiger partial charge in [-0.3, -0.25) is 0 Å². The summed E-state index contributed by atoms with van der Waals surface area (Å²) in [6.07, 6.45) is 9.76. The zero-order valence-corrected chi connectivity index (χ0v) is 11.2. The standard InChI is InChI=1S/C17H25N/c18-17(11-13-7-3-1-4-8-13)16-12-15(16)14-9-5-2-6-10-14/h2,5-6,9-10,13,15-17H,1,3-4,7-8,11-12,18H2. The summed E-state index contributed by atoms with van der Waals surface area (Å²) in [5, 5.41) is 0. The van der Waals surface area contributed by atoms with E-state index in [9.17, 15) is 0 Å². The number of nitrogens with two attached hydrogens (primary N) is 1. The Morgan fingerprint density at radius 2 is 1.78 bits per heavy atom. The molecule has 0 bridgehead atoms. The second kappa shape index (κ2) is 5.44. The Morgan fingerprint density at radius 3 is 2.50 bits per heavy atom. The van der Waals surface area contributed by atoms with E-state index in [1.54, 1.807) is 0 Å². The summed E-state index contributed by atoms with van der Waals surface area (Å²) >= 11 is 0. The number of rotatable bonds is 4. The number of hydrogen-bond acceptors (Lipinski definition) is 1. The van der Waals surface area contributed by atoms with Crippen LogP contribution in [0.5, 0.6) is 0 Å². The van der Waals surface area contributed by atoms with Crippen molar-refractivity contribution in [3.63, 3.8) is 0 Å². The van der Waals surface area contributed by atoms with Gasteiger partial charge in [0.25, 0.3) is 0 Å². The van der Waals surface area contributed by atoms with E-state index in [2.05, 4.69) is 30.3 Å². The zero-order valence-electron chi connectivity index (χ0n) is 11.2. The van der Waals surface area contributed by atoms with Gasteiger partial charge in [-0.05, 0) is 36.2 Å². The lowest BCUT2D eigenvalue weighted by molar-refractivity contribution is 0.306. The van der Waals surface area contributed by atoms with Crippen LogP contribution in [0.25, 0.3) is 0 Å². The summed E-state index contributed by atoms with van der Waals surface area (Å²) in [7, 11) is 0. The van der Waals surface area contributed by atoms with E-state index in [4.69, 9.17) is 5.73 Å². The summed E-state index contributed by atoms with van der Waals surface area (Å²) in [6.45, 7) is 0. The molecule has 2 saturated carbocycles. The summed E-state index contributed by atoms with van der Waals surface area (Å²) in [5.74, 6) is 2.44. The predicted octanol–water partition coefficient (Wildman–Crippen LogP) is 4.09. The third-order valence-corrected chi connectivity index (χ3v) is 4.95. The van der Waals surface area contributed by atoms with Crippen molar-refractivity contribution in [1.29, 1.82) is 0 Å². The first kappa shape index (κ1) is 12.2. The van der Waals surface area contributed by atoms with Crippen LogP contribution in [0.4, 0.5) is 0 Å². The topological polar surface area (TPSA) is 26.0 Å². The molecule has 1 aromatic rings. The van der Waals surface area contributed by atoms with Crippen LogP contribution >= 0.6 is 0 Å². The van der Waals surface area contributed by atoms with E-state index < -0.39 is 0 Å². The fourth-order valence-electron chi connectivity index (χ4n) is 3.75. The van der Waals surface area contributed by atoms with Gasteiger partial charge in [-0.1, -0.05) is 62.4 Å². The second-order valence-electron chi connectivity index (χ2n) is 6.32. The van der Waals surface area contributed by atoms with Crippen LogP contribution in [0.3, 0.4) is 0 Å². The van der Waals surface area contributed by atoms with Crippen molar-refractivity contribution in [1.82, 2.24) is 0 Å². The molecule has 0 saturated heterocycles. The van der Waals surface area contributed by atoms with Crippen LogP contribution in [-0.4, -0.2) is 6.04 Å². The van der Waals surface area contributed by atoms with Gasteiger partial charge in [0.1, 0.15) is 0 Å². The van der Waals surface area contributed by atoms with Crippen molar-refractivity contribution in [2.45, 2.75) is 56.9 Å². The molecular weight excluding hydrogens is 218 g/mol. The van der Waals surface area contributed by atoms with Gasteiger partial charge in [-0.15, -0.1) is 0 Å². The van der Waals surface area contributed by atoms with Crippen molar-refractivity contribution in [3.8, 4) is 0 Å². The fraction of sp³-hybridized carbons (Fsp3) is 0.647. The first-order valence-corrected chi connectivity index (χ1v) is 7.65. The molecule has 2 aliphatic carbocycles. The van der Waals surface area contributed by atoms with Gasteiger partial charge in [-0.25, -0.2) is 0 Å². The van der Waals surface area contributed by atoms with E-state index >= 15 is 0 Å². The summed E-state index contributed by atoms with van der Waals surface area (Å²) < 4.78 is 0. The first-order valence-electron chi connectivity index (χ1n) is 7.65. The number of benzene rings is 1. The summed E-state index contributed by atoms with van der Waals surface area (Å²) in [5.41, 5.74) is 7.94. The lowest BCUT2D eigenvalue weighted by Gasteiger charge is -2.24. The minimum absolute atomic E-state index is 0.443. The van der Waals surface area contributed by atoms with Crippen molar-refractivity contribution < 1.29 is 0 Å². The lowest BCUT2D eigenvalue weighted by Crippen LogP contribution is -2.27. The zero-order chi connectivity index (χ0) is 12.4. The quantitative estimate of drug-likeness (QED) is 0.847. The van der Waals surface area contributed by atoms with Crippen LogP contribution in [0.1, 0.15) is 56.4 Å². The molecule has 0 aliphatic heterocycles. The number of hydrogen-bond donors (Lipinski definition) is 1. The van der Waals surface area contributed by atoms with E-state index in [0.717, 1.165) is 17.8 Å². The Morgan fingerprint density at radius 1 is 1.06 bits per heavy atom. The minimum atomic E-state index is 0.443. The highest BCUT2D eigenvalue weighted by Crippen LogP contribution is 2.50. The molecule has 1 heteroatoms.